The van der Waals surface area contributed by atoms with Crippen molar-refractivity contribution in [3.8, 4) is 0 Å². The highest BCUT2D eigenvalue weighted by molar-refractivity contribution is 7.12. The van der Waals surface area contributed by atoms with Crippen LogP contribution in [0.5, 0.6) is 0 Å². The van der Waals surface area contributed by atoms with Crippen LogP contribution in [0.15, 0.2) is 17.1 Å². The van der Waals surface area contributed by atoms with Gasteiger partial charge in [-0.2, -0.15) is 0 Å². The predicted octanol–water partition coefficient (Wildman–Crippen LogP) is 2.67. The molecule has 7 nitrogen and oxygen atoms in total. The minimum Gasteiger partial charge on any atom is -0.466 e. The summed E-state index contributed by atoms with van der Waals surface area (Å²) < 4.78 is 10.8. The van der Waals surface area contributed by atoms with Crippen LogP contribution < -0.4 is 5.32 Å². The number of hydrogen-bond acceptors (Lipinski definition) is 6. The SMILES string of the molecule is CCNC(=NCC(c1ccc(C)s1)N1CCOCC1)N1CCC[C@@H](C(=O)OCC)C1. The Balaban J connectivity index is 1.74. The molecule has 0 aromatic carbocycles. The van der Waals surface area contributed by atoms with Crippen molar-refractivity contribution in [1.29, 1.82) is 0 Å². The zero-order valence-corrected chi connectivity index (χ0v) is 19.4. The lowest BCUT2D eigenvalue weighted by Crippen LogP contribution is -2.48. The van der Waals surface area contributed by atoms with Gasteiger partial charge in [-0.25, -0.2) is 0 Å². The molecule has 2 saturated heterocycles. The quantitative estimate of drug-likeness (QED) is 0.403. The first-order chi connectivity index (χ1) is 14.6. The summed E-state index contributed by atoms with van der Waals surface area (Å²) in [6, 6.07) is 4.68. The van der Waals surface area contributed by atoms with Crippen LogP contribution in [0.1, 0.15) is 42.5 Å². The van der Waals surface area contributed by atoms with Crippen LogP contribution in [-0.4, -0.2) is 80.8 Å². The lowest BCUT2D eigenvalue weighted by molar-refractivity contribution is -0.149. The zero-order valence-electron chi connectivity index (χ0n) is 18.6. The Kier molecular flexibility index (Phi) is 8.96. The van der Waals surface area contributed by atoms with Crippen LogP contribution in [0.3, 0.4) is 0 Å². The number of esters is 1. The second-order valence-electron chi connectivity index (χ2n) is 7.84. The van der Waals surface area contributed by atoms with E-state index in [1.165, 1.54) is 9.75 Å². The van der Waals surface area contributed by atoms with Gasteiger partial charge in [0.05, 0.1) is 38.3 Å². The predicted molar refractivity (Wildman–Crippen MR) is 121 cm³/mol. The van der Waals surface area contributed by atoms with Gasteiger partial charge in [-0.05, 0) is 45.7 Å². The number of likely N-dealkylation sites (tertiary alicyclic amines) is 1. The third kappa shape index (κ3) is 6.18. The Bertz CT molecular complexity index is 702. The van der Waals surface area contributed by atoms with E-state index in [9.17, 15) is 4.79 Å². The molecule has 3 rings (SSSR count). The first kappa shape index (κ1) is 23.0. The van der Waals surface area contributed by atoms with Crippen molar-refractivity contribution in [3.63, 3.8) is 0 Å². The largest absolute Gasteiger partial charge is 0.466 e. The fourth-order valence-electron chi connectivity index (χ4n) is 4.13. The summed E-state index contributed by atoms with van der Waals surface area (Å²) in [6.07, 6.45) is 1.87. The summed E-state index contributed by atoms with van der Waals surface area (Å²) >= 11 is 1.85. The van der Waals surface area contributed by atoms with Crippen molar-refractivity contribution in [2.45, 2.75) is 39.7 Å². The van der Waals surface area contributed by atoms with Crippen molar-refractivity contribution >= 4 is 23.3 Å². The number of morpholine rings is 1. The molecule has 2 atom stereocenters. The summed E-state index contributed by atoms with van der Waals surface area (Å²) in [5.41, 5.74) is 0. The molecular formula is C22H36N4O3S. The normalized spacial score (nSPS) is 22.0. The van der Waals surface area contributed by atoms with Gasteiger partial charge in [0.2, 0.25) is 0 Å². The van der Waals surface area contributed by atoms with Crippen LogP contribution >= 0.6 is 11.3 Å². The van der Waals surface area contributed by atoms with E-state index in [4.69, 9.17) is 14.5 Å². The van der Waals surface area contributed by atoms with Gasteiger partial charge in [-0.15, -0.1) is 11.3 Å². The summed E-state index contributed by atoms with van der Waals surface area (Å²) in [4.78, 5) is 24.7. The van der Waals surface area contributed by atoms with E-state index >= 15 is 0 Å². The summed E-state index contributed by atoms with van der Waals surface area (Å²) in [6.45, 7) is 13.1. The number of aryl methyl sites for hydroxylation is 1. The van der Waals surface area contributed by atoms with Crippen molar-refractivity contribution in [2.75, 3.05) is 59.1 Å². The molecule has 0 saturated carbocycles. The number of thiophene rings is 1. The molecule has 0 spiro atoms. The van der Waals surface area contributed by atoms with Crippen LogP contribution in [0.4, 0.5) is 0 Å². The Labute approximate surface area is 184 Å². The highest BCUT2D eigenvalue weighted by Crippen LogP contribution is 2.29. The maximum Gasteiger partial charge on any atom is 0.310 e. The molecule has 1 aromatic rings. The molecule has 1 N–H and O–H groups in total. The Morgan fingerprint density at radius 1 is 1.33 bits per heavy atom. The van der Waals surface area contributed by atoms with Gasteiger partial charge in [0.1, 0.15) is 0 Å². The lowest BCUT2D eigenvalue weighted by Gasteiger charge is -2.35. The number of carbonyl (C=O) groups is 1. The summed E-state index contributed by atoms with van der Waals surface area (Å²) in [5, 5.41) is 3.44. The van der Waals surface area contributed by atoms with E-state index < -0.39 is 0 Å². The van der Waals surface area contributed by atoms with Gasteiger partial charge >= 0.3 is 5.97 Å². The average molecular weight is 437 g/mol. The minimum absolute atomic E-state index is 0.0717. The summed E-state index contributed by atoms with van der Waals surface area (Å²) in [7, 11) is 0. The second kappa shape index (κ2) is 11.7. The van der Waals surface area contributed by atoms with Crippen LogP contribution in [0.25, 0.3) is 0 Å². The minimum atomic E-state index is -0.0849. The molecule has 2 fully saturated rings. The van der Waals surface area contributed by atoms with Crippen molar-refractivity contribution in [2.24, 2.45) is 10.9 Å². The maximum atomic E-state index is 12.3. The van der Waals surface area contributed by atoms with Crippen molar-refractivity contribution in [1.82, 2.24) is 15.1 Å². The Hall–Kier alpha value is -1.64. The van der Waals surface area contributed by atoms with E-state index in [0.717, 1.165) is 58.2 Å². The highest BCUT2D eigenvalue weighted by Gasteiger charge is 2.29. The molecule has 0 radical (unpaired) electrons. The smallest absolute Gasteiger partial charge is 0.310 e. The van der Waals surface area contributed by atoms with E-state index in [1.807, 2.05) is 18.3 Å². The van der Waals surface area contributed by atoms with Gasteiger partial charge < -0.3 is 19.7 Å². The van der Waals surface area contributed by atoms with Crippen LogP contribution in [0.2, 0.25) is 0 Å². The third-order valence-electron chi connectivity index (χ3n) is 5.67. The summed E-state index contributed by atoms with van der Waals surface area (Å²) in [5.74, 6) is 0.744. The molecule has 0 bridgehead atoms. The zero-order chi connectivity index (χ0) is 21.3. The van der Waals surface area contributed by atoms with Crippen LogP contribution in [0, 0.1) is 12.8 Å². The molecule has 1 unspecified atom stereocenters. The second-order valence-corrected chi connectivity index (χ2v) is 9.16. The number of nitrogens with zero attached hydrogens (tertiary/aromatic N) is 3. The number of carbonyl (C=O) groups excluding carboxylic acids is 1. The lowest BCUT2D eigenvalue weighted by atomic mass is 9.98. The van der Waals surface area contributed by atoms with E-state index in [-0.39, 0.29) is 17.9 Å². The fraction of sp³-hybridized carbons (Fsp3) is 0.727. The number of ether oxygens (including phenoxy) is 2. The Morgan fingerprint density at radius 2 is 2.13 bits per heavy atom. The van der Waals surface area contributed by atoms with Gasteiger partial charge in [0, 0.05) is 42.5 Å². The first-order valence-electron chi connectivity index (χ1n) is 11.2. The van der Waals surface area contributed by atoms with Crippen molar-refractivity contribution < 1.29 is 14.3 Å². The van der Waals surface area contributed by atoms with E-state index in [2.05, 4.69) is 41.1 Å². The average Bonchev–Trinajstić information content (AvgIpc) is 3.20. The monoisotopic (exact) mass is 436 g/mol. The standard InChI is InChI=1S/C22H36N4O3S/c1-4-23-22(26-10-6-7-18(16-26)21(27)29-5-2)24-15-19(20-9-8-17(3)30-20)25-11-13-28-14-12-25/h8-9,18-19H,4-7,10-16H2,1-3H3,(H,23,24)/t18-,19?/m1/s1. The number of aliphatic imine (C=N–C) groups is 1. The van der Waals surface area contributed by atoms with Gasteiger partial charge in [-0.3, -0.25) is 14.7 Å². The van der Waals surface area contributed by atoms with Gasteiger partial charge in [0.25, 0.3) is 0 Å². The molecule has 3 heterocycles. The molecule has 1 aromatic heterocycles. The van der Waals surface area contributed by atoms with E-state index in [1.54, 1.807) is 0 Å². The third-order valence-corrected chi connectivity index (χ3v) is 6.77. The molecule has 2 aliphatic rings. The maximum absolute atomic E-state index is 12.3. The number of rotatable bonds is 7. The van der Waals surface area contributed by atoms with Gasteiger partial charge in [-0.1, -0.05) is 0 Å². The molecule has 8 heteroatoms. The topological polar surface area (TPSA) is 66.4 Å². The molecule has 30 heavy (non-hydrogen) atoms. The number of guanidine groups is 1. The van der Waals surface area contributed by atoms with E-state index in [0.29, 0.717) is 19.7 Å². The number of nitrogens with one attached hydrogen (secondary N) is 1. The number of hydrogen-bond donors (Lipinski definition) is 1. The number of piperidine rings is 1. The van der Waals surface area contributed by atoms with Crippen molar-refractivity contribution in [3.05, 3.63) is 21.9 Å². The molecule has 2 aliphatic heterocycles. The molecule has 168 valence electrons. The first-order valence-corrected chi connectivity index (χ1v) is 12.0. The highest BCUT2D eigenvalue weighted by atomic mass is 32.1. The van der Waals surface area contributed by atoms with Gasteiger partial charge in [0.15, 0.2) is 5.96 Å². The fourth-order valence-corrected chi connectivity index (χ4v) is 5.13. The molecule has 0 aliphatic carbocycles. The molecular weight excluding hydrogens is 400 g/mol. The molecule has 0 amide bonds. The van der Waals surface area contributed by atoms with Crippen LogP contribution in [-0.2, 0) is 14.3 Å². The Morgan fingerprint density at radius 3 is 2.80 bits per heavy atom.